The van der Waals surface area contributed by atoms with Gasteiger partial charge >= 0.3 is 0 Å². The summed E-state index contributed by atoms with van der Waals surface area (Å²) in [6, 6.07) is 12.1. The van der Waals surface area contributed by atoms with Crippen molar-refractivity contribution in [1.82, 2.24) is 9.55 Å². The van der Waals surface area contributed by atoms with E-state index in [1.165, 1.54) is 6.07 Å². The molecule has 21 heavy (non-hydrogen) atoms. The Labute approximate surface area is 126 Å². The zero-order chi connectivity index (χ0) is 15.2. The van der Waals surface area contributed by atoms with Crippen molar-refractivity contribution in [3.8, 4) is 5.69 Å². The summed E-state index contributed by atoms with van der Waals surface area (Å²) in [4.78, 5) is 4.36. The summed E-state index contributed by atoms with van der Waals surface area (Å²) in [5.41, 5.74) is 7.67. The van der Waals surface area contributed by atoms with Gasteiger partial charge in [-0.15, -0.1) is 0 Å². The number of rotatable bonds is 2. The van der Waals surface area contributed by atoms with Crippen LogP contribution in [0, 0.1) is 0 Å². The van der Waals surface area contributed by atoms with Crippen LogP contribution < -0.4 is 5.73 Å². The maximum Gasteiger partial charge on any atom is 0.205 e. The number of imidazole rings is 1. The van der Waals surface area contributed by atoms with E-state index < -0.39 is 9.84 Å². The minimum atomic E-state index is -3.38. The van der Waals surface area contributed by atoms with Crippen molar-refractivity contribution in [3.05, 3.63) is 47.5 Å². The quantitative estimate of drug-likeness (QED) is 0.787. The van der Waals surface area contributed by atoms with E-state index in [-0.39, 0.29) is 10.8 Å². The highest BCUT2D eigenvalue weighted by Gasteiger charge is 2.18. The zero-order valence-electron chi connectivity index (χ0n) is 11.1. The Morgan fingerprint density at radius 2 is 1.90 bits per heavy atom. The van der Waals surface area contributed by atoms with Crippen molar-refractivity contribution in [1.29, 1.82) is 0 Å². The minimum Gasteiger partial charge on any atom is -0.369 e. The molecule has 3 aromatic rings. The molecular weight excluding hydrogens is 310 g/mol. The number of nitrogens with zero attached hydrogens (tertiary/aromatic N) is 2. The Morgan fingerprint density at radius 3 is 2.57 bits per heavy atom. The third-order valence-corrected chi connectivity index (χ3v) is 4.50. The fraction of sp³-hybridized carbons (Fsp3) is 0.0714. The van der Waals surface area contributed by atoms with E-state index in [1.807, 2.05) is 6.07 Å². The summed E-state index contributed by atoms with van der Waals surface area (Å²) in [5.74, 6) is 0.211. The number of fused-ring (bicyclic) bond motifs is 1. The lowest BCUT2D eigenvalue weighted by Gasteiger charge is -2.07. The van der Waals surface area contributed by atoms with Gasteiger partial charge in [0.15, 0.2) is 9.84 Å². The molecular formula is C14H12ClN3O2S. The average molecular weight is 322 g/mol. The lowest BCUT2D eigenvalue weighted by atomic mass is 10.3. The minimum absolute atomic E-state index is 0.160. The molecule has 0 aliphatic rings. The van der Waals surface area contributed by atoms with Crippen LogP contribution in [0.15, 0.2) is 47.4 Å². The lowest BCUT2D eigenvalue weighted by Crippen LogP contribution is -2.00. The van der Waals surface area contributed by atoms with Gasteiger partial charge in [0.1, 0.15) is 5.52 Å². The number of hydrogen-bond acceptors (Lipinski definition) is 4. The van der Waals surface area contributed by atoms with Crippen molar-refractivity contribution in [2.75, 3.05) is 12.0 Å². The Bertz CT molecular complexity index is 948. The fourth-order valence-electron chi connectivity index (χ4n) is 2.28. The number of nitrogens with two attached hydrogens (primary N) is 1. The van der Waals surface area contributed by atoms with Crippen LogP contribution in [0.1, 0.15) is 0 Å². The summed E-state index contributed by atoms with van der Waals surface area (Å²) in [6.45, 7) is 0. The first kappa shape index (κ1) is 13.9. The van der Waals surface area contributed by atoms with Crippen LogP contribution in [0.2, 0.25) is 5.02 Å². The molecule has 0 saturated heterocycles. The molecule has 2 N–H and O–H groups in total. The van der Waals surface area contributed by atoms with Crippen molar-refractivity contribution in [2.24, 2.45) is 0 Å². The first-order chi connectivity index (χ1) is 9.88. The van der Waals surface area contributed by atoms with Crippen molar-refractivity contribution in [2.45, 2.75) is 4.90 Å². The largest absolute Gasteiger partial charge is 0.369 e. The van der Waals surface area contributed by atoms with Gasteiger partial charge < -0.3 is 5.73 Å². The molecule has 0 unspecified atom stereocenters. The monoisotopic (exact) mass is 321 g/mol. The first-order valence-electron chi connectivity index (χ1n) is 6.11. The Hall–Kier alpha value is -2.05. The second-order valence-corrected chi connectivity index (χ2v) is 7.10. The average Bonchev–Trinajstić information content (AvgIpc) is 2.73. The number of halogens is 1. The molecule has 2 aromatic carbocycles. The summed E-state index contributed by atoms with van der Waals surface area (Å²) >= 11 is 6.00. The van der Waals surface area contributed by atoms with Gasteiger partial charge in [-0.1, -0.05) is 23.7 Å². The smallest absolute Gasteiger partial charge is 0.205 e. The van der Waals surface area contributed by atoms with Crippen LogP contribution in [0.5, 0.6) is 0 Å². The first-order valence-corrected chi connectivity index (χ1v) is 8.38. The van der Waals surface area contributed by atoms with Gasteiger partial charge in [0, 0.05) is 11.3 Å². The van der Waals surface area contributed by atoms with Gasteiger partial charge in [0.05, 0.1) is 16.1 Å². The van der Waals surface area contributed by atoms with Gasteiger partial charge in [0.2, 0.25) is 5.95 Å². The molecule has 0 atom stereocenters. The molecule has 5 nitrogen and oxygen atoms in total. The van der Waals surface area contributed by atoms with E-state index in [0.29, 0.717) is 16.1 Å². The van der Waals surface area contributed by atoms with Crippen LogP contribution in [-0.4, -0.2) is 24.2 Å². The molecule has 1 heterocycles. The molecule has 1 aromatic heterocycles. The standard InChI is InChI=1S/C14H12ClN3O2S/c1-21(19,20)12-7-3-6-11-13(12)17-14(16)18(11)10-5-2-4-9(15)8-10/h2-8H,1H3,(H2,16,17). The van der Waals surface area contributed by atoms with Crippen LogP contribution in [0.25, 0.3) is 16.7 Å². The van der Waals surface area contributed by atoms with E-state index in [9.17, 15) is 8.42 Å². The number of para-hydroxylation sites is 1. The van der Waals surface area contributed by atoms with Crippen molar-refractivity contribution < 1.29 is 8.42 Å². The Morgan fingerprint density at radius 1 is 1.19 bits per heavy atom. The predicted molar refractivity (Wildman–Crippen MR) is 83.6 cm³/mol. The van der Waals surface area contributed by atoms with E-state index in [4.69, 9.17) is 17.3 Å². The van der Waals surface area contributed by atoms with E-state index in [2.05, 4.69) is 4.98 Å². The second kappa shape index (κ2) is 4.75. The van der Waals surface area contributed by atoms with Gasteiger partial charge in [-0.2, -0.15) is 0 Å². The molecule has 0 fully saturated rings. The van der Waals surface area contributed by atoms with Crippen molar-refractivity contribution in [3.63, 3.8) is 0 Å². The summed E-state index contributed by atoms with van der Waals surface area (Å²) in [6.07, 6.45) is 1.15. The molecule has 0 amide bonds. The lowest BCUT2D eigenvalue weighted by molar-refractivity contribution is 0.602. The number of nitrogen functional groups attached to an aromatic ring is 1. The van der Waals surface area contributed by atoms with E-state index in [0.717, 1.165) is 11.9 Å². The molecule has 3 rings (SSSR count). The van der Waals surface area contributed by atoms with Gasteiger partial charge in [-0.05, 0) is 30.3 Å². The van der Waals surface area contributed by atoms with Gasteiger partial charge in [-0.3, -0.25) is 4.57 Å². The normalized spacial score (nSPS) is 11.9. The fourth-order valence-corrected chi connectivity index (χ4v) is 3.29. The maximum absolute atomic E-state index is 11.8. The second-order valence-electron chi connectivity index (χ2n) is 4.68. The Balaban J connectivity index is 2.38. The van der Waals surface area contributed by atoms with E-state index >= 15 is 0 Å². The molecule has 0 saturated carbocycles. The van der Waals surface area contributed by atoms with Crippen LogP contribution in [0.3, 0.4) is 0 Å². The summed E-state index contributed by atoms with van der Waals surface area (Å²) in [7, 11) is -3.38. The topological polar surface area (TPSA) is 78.0 Å². The number of hydrogen-bond donors (Lipinski definition) is 1. The SMILES string of the molecule is CS(=O)(=O)c1cccc2c1nc(N)n2-c1cccc(Cl)c1. The third kappa shape index (κ3) is 2.36. The predicted octanol–water partition coefficient (Wildman–Crippen LogP) is 2.66. The molecule has 0 radical (unpaired) electrons. The number of sulfone groups is 1. The highest BCUT2D eigenvalue weighted by atomic mass is 35.5. The number of benzene rings is 2. The maximum atomic E-state index is 11.8. The molecule has 108 valence electrons. The Kier molecular flexibility index (Phi) is 3.15. The van der Waals surface area contributed by atoms with Crippen LogP contribution in [-0.2, 0) is 9.84 Å². The molecule has 0 aliphatic heterocycles. The number of aromatic nitrogens is 2. The van der Waals surface area contributed by atoms with Crippen LogP contribution >= 0.6 is 11.6 Å². The zero-order valence-corrected chi connectivity index (χ0v) is 12.7. The van der Waals surface area contributed by atoms with Gasteiger partial charge in [0.25, 0.3) is 0 Å². The van der Waals surface area contributed by atoms with E-state index in [1.54, 1.807) is 34.9 Å². The molecule has 0 spiro atoms. The van der Waals surface area contributed by atoms with Crippen molar-refractivity contribution >= 4 is 38.4 Å². The molecule has 0 bridgehead atoms. The third-order valence-electron chi connectivity index (χ3n) is 3.14. The molecule has 7 heteroatoms. The van der Waals surface area contributed by atoms with Gasteiger partial charge in [-0.25, -0.2) is 13.4 Å². The summed E-state index contributed by atoms with van der Waals surface area (Å²) in [5, 5.41) is 0.563. The molecule has 0 aliphatic carbocycles. The van der Waals surface area contributed by atoms with Crippen LogP contribution in [0.4, 0.5) is 5.95 Å². The highest BCUT2D eigenvalue weighted by molar-refractivity contribution is 7.91. The number of anilines is 1. The summed E-state index contributed by atoms with van der Waals surface area (Å²) < 4.78 is 25.4. The highest BCUT2D eigenvalue weighted by Crippen LogP contribution is 2.28.